The van der Waals surface area contributed by atoms with Crippen LogP contribution in [0, 0.1) is 20.8 Å². The highest BCUT2D eigenvalue weighted by Gasteiger charge is 2.20. The van der Waals surface area contributed by atoms with Crippen LogP contribution < -0.4 is 0 Å². The average Bonchev–Trinajstić information content (AvgIpc) is 3.07. The number of aromatic amines is 1. The van der Waals surface area contributed by atoms with E-state index < -0.39 is 5.97 Å². The quantitative estimate of drug-likeness (QED) is 0.566. The Hall–Kier alpha value is -2.82. The van der Waals surface area contributed by atoms with Crippen LogP contribution in [-0.4, -0.2) is 27.9 Å². The van der Waals surface area contributed by atoms with E-state index in [0.717, 1.165) is 34.5 Å². The van der Waals surface area contributed by atoms with Gasteiger partial charge in [-0.05, 0) is 39.8 Å². The number of H-pyrrole nitrogens is 1. The highest BCUT2D eigenvalue weighted by atomic mass is 16.5. The van der Waals surface area contributed by atoms with Crippen LogP contribution in [0.5, 0.6) is 0 Å². The summed E-state index contributed by atoms with van der Waals surface area (Å²) in [4.78, 5) is 28.2. The molecular weight excluding hydrogens is 316 g/mol. The largest absolute Gasteiger partial charge is 0.454 e. The standard InChI is InChI=1S/C20H22N2O3/c1-5-22-12(2)10-16(14(22)4)20(24)25-11-18(23)19-13(3)21-17-9-7-6-8-15(17)19/h6-10,21H,5,11H2,1-4H3. The molecule has 5 heteroatoms. The molecule has 3 rings (SSSR count). The number of nitrogens with one attached hydrogen (secondary N) is 1. The number of ether oxygens (including phenoxy) is 1. The minimum atomic E-state index is -0.460. The molecule has 5 nitrogen and oxygen atoms in total. The first-order chi connectivity index (χ1) is 11.9. The molecule has 0 aliphatic heterocycles. The van der Waals surface area contributed by atoms with Crippen LogP contribution in [0.15, 0.2) is 30.3 Å². The number of hydrogen-bond donors (Lipinski definition) is 1. The second-order valence-corrected chi connectivity index (χ2v) is 6.20. The third-order valence-corrected chi connectivity index (χ3v) is 4.62. The van der Waals surface area contributed by atoms with Crippen LogP contribution in [0.3, 0.4) is 0 Å². The van der Waals surface area contributed by atoms with E-state index >= 15 is 0 Å². The molecule has 0 fully saturated rings. The van der Waals surface area contributed by atoms with Crippen molar-refractivity contribution in [3.05, 3.63) is 58.5 Å². The van der Waals surface area contributed by atoms with Crippen molar-refractivity contribution < 1.29 is 14.3 Å². The number of nitrogens with zero attached hydrogens (tertiary/aromatic N) is 1. The molecule has 2 aromatic heterocycles. The number of aryl methyl sites for hydroxylation is 2. The van der Waals surface area contributed by atoms with Crippen molar-refractivity contribution in [1.29, 1.82) is 0 Å². The average molecular weight is 338 g/mol. The fraction of sp³-hybridized carbons (Fsp3) is 0.300. The van der Waals surface area contributed by atoms with Crippen LogP contribution in [0.4, 0.5) is 0 Å². The monoisotopic (exact) mass is 338 g/mol. The predicted octanol–water partition coefficient (Wildman–Crippen LogP) is 3.95. The third kappa shape index (κ3) is 2.97. The van der Waals surface area contributed by atoms with Gasteiger partial charge in [-0.2, -0.15) is 0 Å². The van der Waals surface area contributed by atoms with Crippen molar-refractivity contribution in [2.75, 3.05) is 6.61 Å². The van der Waals surface area contributed by atoms with Gasteiger partial charge in [0, 0.05) is 40.1 Å². The molecule has 0 atom stereocenters. The lowest BCUT2D eigenvalue weighted by atomic mass is 10.1. The summed E-state index contributed by atoms with van der Waals surface area (Å²) in [5.74, 6) is -0.661. The number of esters is 1. The molecule has 0 aliphatic carbocycles. The second kappa shape index (κ2) is 6.59. The number of benzene rings is 1. The number of para-hydroxylation sites is 1. The molecular formula is C20H22N2O3. The summed E-state index contributed by atoms with van der Waals surface area (Å²) in [6.45, 7) is 8.24. The van der Waals surface area contributed by atoms with E-state index in [0.29, 0.717) is 11.1 Å². The van der Waals surface area contributed by atoms with E-state index in [2.05, 4.69) is 4.98 Å². The summed E-state index contributed by atoms with van der Waals surface area (Å²) in [5.41, 5.74) is 4.66. The van der Waals surface area contributed by atoms with Gasteiger partial charge in [0.2, 0.25) is 5.78 Å². The highest BCUT2D eigenvalue weighted by Crippen LogP contribution is 2.23. The molecule has 2 heterocycles. The normalized spacial score (nSPS) is 11.0. The topological polar surface area (TPSA) is 64.1 Å². The van der Waals surface area contributed by atoms with Gasteiger partial charge in [-0.3, -0.25) is 4.79 Å². The molecule has 0 bridgehead atoms. The van der Waals surface area contributed by atoms with Gasteiger partial charge in [0.1, 0.15) is 0 Å². The number of Topliss-reactive ketones (excluding diaryl/α,β-unsaturated/α-hetero) is 1. The molecule has 0 saturated carbocycles. The smallest absolute Gasteiger partial charge is 0.340 e. The van der Waals surface area contributed by atoms with Crippen molar-refractivity contribution in [3.63, 3.8) is 0 Å². The SMILES string of the molecule is CCn1c(C)cc(C(=O)OCC(=O)c2c(C)[nH]c3ccccc23)c1C. The maximum absolute atomic E-state index is 12.6. The minimum Gasteiger partial charge on any atom is -0.454 e. The Bertz CT molecular complexity index is 963. The van der Waals surface area contributed by atoms with E-state index in [-0.39, 0.29) is 12.4 Å². The zero-order valence-electron chi connectivity index (χ0n) is 15.0. The zero-order chi connectivity index (χ0) is 18.1. The molecule has 3 aromatic rings. The van der Waals surface area contributed by atoms with Gasteiger partial charge in [-0.15, -0.1) is 0 Å². The predicted molar refractivity (Wildman–Crippen MR) is 97.2 cm³/mol. The van der Waals surface area contributed by atoms with Gasteiger partial charge >= 0.3 is 5.97 Å². The number of ketones is 1. The molecule has 0 unspecified atom stereocenters. The van der Waals surface area contributed by atoms with Gasteiger partial charge in [-0.25, -0.2) is 4.79 Å². The molecule has 25 heavy (non-hydrogen) atoms. The first-order valence-electron chi connectivity index (χ1n) is 8.38. The Kier molecular flexibility index (Phi) is 4.49. The maximum Gasteiger partial charge on any atom is 0.340 e. The molecule has 0 amide bonds. The fourth-order valence-electron chi connectivity index (χ4n) is 3.41. The first-order valence-corrected chi connectivity index (χ1v) is 8.38. The number of aromatic nitrogens is 2. The van der Waals surface area contributed by atoms with Crippen molar-refractivity contribution in [3.8, 4) is 0 Å². The van der Waals surface area contributed by atoms with Crippen LogP contribution in [0.25, 0.3) is 10.9 Å². The van der Waals surface area contributed by atoms with E-state index in [1.165, 1.54) is 0 Å². The first kappa shape index (κ1) is 17.0. The van der Waals surface area contributed by atoms with Crippen LogP contribution in [0.1, 0.15) is 44.7 Å². The molecule has 0 aliphatic rings. The highest BCUT2D eigenvalue weighted by molar-refractivity contribution is 6.10. The Balaban J connectivity index is 1.78. The maximum atomic E-state index is 12.6. The lowest BCUT2D eigenvalue weighted by molar-refractivity contribution is 0.0474. The Morgan fingerprint density at radius 3 is 2.56 bits per heavy atom. The fourth-order valence-corrected chi connectivity index (χ4v) is 3.41. The minimum absolute atomic E-state index is 0.201. The number of rotatable bonds is 5. The zero-order valence-corrected chi connectivity index (χ0v) is 15.0. The summed E-state index contributed by atoms with van der Waals surface area (Å²) < 4.78 is 7.34. The van der Waals surface area contributed by atoms with Gasteiger partial charge in [-0.1, -0.05) is 18.2 Å². The van der Waals surface area contributed by atoms with Gasteiger partial charge in [0.05, 0.1) is 5.56 Å². The Morgan fingerprint density at radius 2 is 1.88 bits per heavy atom. The van der Waals surface area contributed by atoms with Crippen LogP contribution >= 0.6 is 0 Å². The number of fused-ring (bicyclic) bond motifs is 1. The van der Waals surface area contributed by atoms with Gasteiger partial charge < -0.3 is 14.3 Å². The van der Waals surface area contributed by atoms with Crippen molar-refractivity contribution in [2.45, 2.75) is 34.2 Å². The van der Waals surface area contributed by atoms with Crippen molar-refractivity contribution >= 4 is 22.7 Å². The van der Waals surface area contributed by atoms with E-state index in [4.69, 9.17) is 4.74 Å². The summed E-state index contributed by atoms with van der Waals surface area (Å²) in [6.07, 6.45) is 0. The van der Waals surface area contributed by atoms with Gasteiger partial charge in [0.15, 0.2) is 6.61 Å². The molecule has 1 N–H and O–H groups in total. The van der Waals surface area contributed by atoms with E-state index in [9.17, 15) is 9.59 Å². The van der Waals surface area contributed by atoms with E-state index in [1.54, 1.807) is 0 Å². The summed E-state index contributed by atoms with van der Waals surface area (Å²) in [7, 11) is 0. The lowest BCUT2D eigenvalue weighted by Crippen LogP contribution is -2.15. The molecule has 0 saturated heterocycles. The number of hydrogen-bond acceptors (Lipinski definition) is 3. The van der Waals surface area contributed by atoms with Crippen LogP contribution in [0.2, 0.25) is 0 Å². The molecule has 0 radical (unpaired) electrons. The molecule has 130 valence electrons. The summed E-state index contributed by atoms with van der Waals surface area (Å²) in [5, 5.41) is 0.852. The molecule has 1 aromatic carbocycles. The summed E-state index contributed by atoms with van der Waals surface area (Å²) in [6, 6.07) is 9.42. The third-order valence-electron chi connectivity index (χ3n) is 4.62. The number of carbonyl (C=O) groups excluding carboxylic acids is 2. The van der Waals surface area contributed by atoms with Gasteiger partial charge in [0.25, 0.3) is 0 Å². The van der Waals surface area contributed by atoms with E-state index in [1.807, 2.05) is 62.6 Å². The summed E-state index contributed by atoms with van der Waals surface area (Å²) >= 11 is 0. The Morgan fingerprint density at radius 1 is 1.16 bits per heavy atom. The van der Waals surface area contributed by atoms with Crippen molar-refractivity contribution in [1.82, 2.24) is 9.55 Å². The van der Waals surface area contributed by atoms with Crippen LogP contribution in [-0.2, 0) is 11.3 Å². The lowest BCUT2D eigenvalue weighted by Gasteiger charge is -2.07. The molecule has 0 spiro atoms. The Labute approximate surface area is 146 Å². The second-order valence-electron chi connectivity index (χ2n) is 6.20. The number of carbonyl (C=O) groups is 2. The van der Waals surface area contributed by atoms with Crippen molar-refractivity contribution in [2.24, 2.45) is 0 Å².